The number of methoxy groups -OCH3 is 1. The van der Waals surface area contributed by atoms with Gasteiger partial charge in [-0.2, -0.15) is 0 Å². The number of nitrogens with one attached hydrogen (secondary N) is 3. The summed E-state index contributed by atoms with van der Waals surface area (Å²) >= 11 is 22.7. The van der Waals surface area contributed by atoms with Crippen molar-refractivity contribution in [3.8, 4) is 5.75 Å². The molecule has 0 aliphatic rings. The van der Waals surface area contributed by atoms with Crippen LogP contribution in [0.3, 0.4) is 0 Å². The van der Waals surface area contributed by atoms with E-state index >= 15 is 0 Å². The standard InChI is InChI=1S/C14H17Cl3N4O4S/c1-3-4-11(22)19-12(14(15,16)17)20-13(26)18-9-6-5-8(25-2)7-10(9)21(23)24/h5-7,12H,3-4H2,1-2H3,(H,19,22)(H2,18,20,26)/t12-/m1/s1. The monoisotopic (exact) mass is 442 g/mol. The molecule has 144 valence electrons. The zero-order valence-electron chi connectivity index (χ0n) is 13.8. The average molecular weight is 444 g/mol. The summed E-state index contributed by atoms with van der Waals surface area (Å²) < 4.78 is 3.06. The van der Waals surface area contributed by atoms with Crippen molar-refractivity contribution in [2.45, 2.75) is 29.7 Å². The van der Waals surface area contributed by atoms with Gasteiger partial charge in [0.15, 0.2) is 5.11 Å². The number of halogens is 3. The SMILES string of the molecule is CCCC(=O)N[C@H](NC(=S)Nc1ccc(OC)cc1[N+](=O)[O-])C(Cl)(Cl)Cl. The van der Waals surface area contributed by atoms with E-state index in [1.807, 2.05) is 6.92 Å². The van der Waals surface area contributed by atoms with Crippen molar-refractivity contribution in [3.05, 3.63) is 28.3 Å². The molecule has 0 radical (unpaired) electrons. The molecule has 12 heteroatoms. The Morgan fingerprint density at radius 2 is 2.04 bits per heavy atom. The number of anilines is 1. The summed E-state index contributed by atoms with van der Waals surface area (Å²) in [7, 11) is 1.39. The summed E-state index contributed by atoms with van der Waals surface area (Å²) in [5.74, 6) is -0.0262. The number of carbonyl (C=O) groups excluding carboxylic acids is 1. The minimum atomic E-state index is -1.90. The number of alkyl halides is 3. The number of rotatable bonds is 7. The molecule has 0 unspecified atom stereocenters. The Hall–Kier alpha value is -1.55. The Morgan fingerprint density at radius 1 is 1.38 bits per heavy atom. The molecule has 0 aliphatic heterocycles. The molecule has 1 aromatic carbocycles. The zero-order chi connectivity index (χ0) is 19.9. The summed E-state index contributed by atoms with van der Waals surface area (Å²) in [5.41, 5.74) is -0.148. The third kappa shape index (κ3) is 6.99. The van der Waals surface area contributed by atoms with E-state index in [9.17, 15) is 14.9 Å². The highest BCUT2D eigenvalue weighted by Gasteiger charge is 2.34. The topological polar surface area (TPSA) is 106 Å². The minimum Gasteiger partial charge on any atom is -0.496 e. The van der Waals surface area contributed by atoms with Crippen LogP contribution < -0.4 is 20.7 Å². The van der Waals surface area contributed by atoms with Crippen LogP contribution >= 0.6 is 47.0 Å². The van der Waals surface area contributed by atoms with Crippen molar-refractivity contribution in [2.24, 2.45) is 0 Å². The van der Waals surface area contributed by atoms with Crippen molar-refractivity contribution < 1.29 is 14.5 Å². The van der Waals surface area contributed by atoms with E-state index in [0.717, 1.165) is 0 Å². The Morgan fingerprint density at radius 3 is 2.54 bits per heavy atom. The first-order valence-corrected chi connectivity index (χ1v) is 8.88. The number of hydrogen-bond acceptors (Lipinski definition) is 5. The molecule has 0 saturated carbocycles. The molecule has 0 fully saturated rings. The molecule has 26 heavy (non-hydrogen) atoms. The lowest BCUT2D eigenvalue weighted by Crippen LogP contribution is -2.56. The smallest absolute Gasteiger partial charge is 0.296 e. The molecule has 0 heterocycles. The molecule has 1 amide bonds. The van der Waals surface area contributed by atoms with Crippen LogP contribution in [0.2, 0.25) is 0 Å². The van der Waals surface area contributed by atoms with Crippen LogP contribution in [0.4, 0.5) is 11.4 Å². The van der Waals surface area contributed by atoms with Crippen LogP contribution in [-0.2, 0) is 4.79 Å². The Kier molecular flexibility index (Phi) is 8.61. The number of amides is 1. The number of thiocarbonyl (C=S) groups is 1. The first-order chi connectivity index (χ1) is 12.1. The average Bonchev–Trinajstić information content (AvgIpc) is 2.53. The minimum absolute atomic E-state index is 0.0774. The first kappa shape index (κ1) is 22.5. The Labute approximate surface area is 170 Å². The second-order valence-corrected chi connectivity index (χ2v) is 7.81. The van der Waals surface area contributed by atoms with Crippen LogP contribution in [0.25, 0.3) is 0 Å². The van der Waals surface area contributed by atoms with E-state index in [4.69, 9.17) is 51.8 Å². The van der Waals surface area contributed by atoms with Crippen LogP contribution in [0.1, 0.15) is 19.8 Å². The fourth-order valence-electron chi connectivity index (χ4n) is 1.84. The van der Waals surface area contributed by atoms with Gasteiger partial charge in [-0.1, -0.05) is 41.7 Å². The number of ether oxygens (including phenoxy) is 1. The number of hydrogen-bond donors (Lipinski definition) is 3. The van der Waals surface area contributed by atoms with Crippen molar-refractivity contribution in [1.82, 2.24) is 10.6 Å². The summed E-state index contributed by atoms with van der Waals surface area (Å²) in [5, 5.41) is 18.9. The molecular formula is C14H17Cl3N4O4S. The molecule has 3 N–H and O–H groups in total. The fraction of sp³-hybridized carbons (Fsp3) is 0.429. The fourth-order valence-corrected chi connectivity index (χ4v) is 2.40. The van der Waals surface area contributed by atoms with Crippen molar-refractivity contribution in [1.29, 1.82) is 0 Å². The van der Waals surface area contributed by atoms with Gasteiger partial charge in [-0.15, -0.1) is 0 Å². The van der Waals surface area contributed by atoms with Gasteiger partial charge in [0.25, 0.3) is 5.69 Å². The molecular weight excluding hydrogens is 427 g/mol. The highest BCUT2D eigenvalue weighted by Crippen LogP contribution is 2.31. The van der Waals surface area contributed by atoms with E-state index in [2.05, 4.69) is 16.0 Å². The summed E-state index contributed by atoms with van der Waals surface area (Å²) in [4.78, 5) is 22.4. The van der Waals surface area contributed by atoms with Gasteiger partial charge in [0.1, 0.15) is 17.6 Å². The normalized spacial score (nSPS) is 12.0. The molecule has 0 spiro atoms. The van der Waals surface area contributed by atoms with Crippen molar-refractivity contribution in [3.63, 3.8) is 0 Å². The molecule has 0 saturated heterocycles. The lowest BCUT2D eigenvalue weighted by molar-refractivity contribution is -0.384. The number of nitrogens with zero attached hydrogens (tertiary/aromatic N) is 1. The molecule has 1 aromatic rings. The quantitative estimate of drug-likeness (QED) is 0.195. The van der Waals surface area contributed by atoms with Gasteiger partial charge in [0.2, 0.25) is 9.70 Å². The summed E-state index contributed by atoms with van der Waals surface area (Å²) in [6.07, 6.45) is -0.286. The van der Waals surface area contributed by atoms with Gasteiger partial charge in [-0.05, 0) is 30.8 Å². The van der Waals surface area contributed by atoms with Crippen molar-refractivity contribution >= 4 is 69.4 Å². The predicted octanol–water partition coefficient (Wildman–Crippen LogP) is 3.50. The number of nitro benzene ring substituents is 1. The molecule has 1 rings (SSSR count). The van der Waals surface area contributed by atoms with Gasteiger partial charge in [0.05, 0.1) is 18.1 Å². The second kappa shape index (κ2) is 9.96. The molecule has 8 nitrogen and oxygen atoms in total. The van der Waals surface area contributed by atoms with Crippen LogP contribution in [0.5, 0.6) is 5.75 Å². The number of benzene rings is 1. The lowest BCUT2D eigenvalue weighted by Gasteiger charge is -2.27. The van der Waals surface area contributed by atoms with E-state index in [0.29, 0.717) is 12.2 Å². The molecule has 0 aromatic heterocycles. The predicted molar refractivity (Wildman–Crippen MR) is 106 cm³/mol. The third-order valence-electron chi connectivity index (χ3n) is 3.03. The van der Waals surface area contributed by atoms with Gasteiger partial charge < -0.3 is 20.7 Å². The number of nitro groups is 1. The van der Waals surface area contributed by atoms with Gasteiger partial charge in [0, 0.05) is 6.42 Å². The maximum absolute atomic E-state index is 11.8. The largest absolute Gasteiger partial charge is 0.496 e. The summed E-state index contributed by atoms with van der Waals surface area (Å²) in [6.45, 7) is 1.83. The Bertz CT molecular complexity index is 685. The number of carbonyl (C=O) groups is 1. The molecule has 0 aliphatic carbocycles. The first-order valence-electron chi connectivity index (χ1n) is 7.34. The molecule has 1 atom stereocenters. The second-order valence-electron chi connectivity index (χ2n) is 5.03. The molecule has 0 bridgehead atoms. The van der Waals surface area contributed by atoms with Crippen LogP contribution in [-0.4, -0.2) is 33.0 Å². The summed E-state index contributed by atoms with van der Waals surface area (Å²) in [6, 6.07) is 4.18. The maximum atomic E-state index is 11.8. The van der Waals surface area contributed by atoms with E-state index in [1.165, 1.54) is 25.3 Å². The van der Waals surface area contributed by atoms with E-state index in [1.54, 1.807) is 0 Å². The third-order valence-corrected chi connectivity index (χ3v) is 3.91. The van der Waals surface area contributed by atoms with Crippen molar-refractivity contribution in [2.75, 3.05) is 12.4 Å². The van der Waals surface area contributed by atoms with E-state index in [-0.39, 0.29) is 28.8 Å². The van der Waals surface area contributed by atoms with E-state index < -0.39 is 14.9 Å². The van der Waals surface area contributed by atoms with Gasteiger partial charge >= 0.3 is 0 Å². The van der Waals surface area contributed by atoms with Gasteiger partial charge in [-0.3, -0.25) is 14.9 Å². The van der Waals surface area contributed by atoms with Gasteiger partial charge in [-0.25, -0.2) is 0 Å². The van der Waals surface area contributed by atoms with Crippen LogP contribution in [0.15, 0.2) is 18.2 Å². The highest BCUT2D eigenvalue weighted by atomic mass is 35.6. The Balaban J connectivity index is 2.91. The lowest BCUT2D eigenvalue weighted by atomic mass is 10.2. The zero-order valence-corrected chi connectivity index (χ0v) is 16.9. The van der Waals surface area contributed by atoms with Crippen LogP contribution in [0, 0.1) is 10.1 Å². The highest BCUT2D eigenvalue weighted by molar-refractivity contribution is 7.80. The maximum Gasteiger partial charge on any atom is 0.296 e.